The van der Waals surface area contributed by atoms with Gasteiger partial charge in [-0.15, -0.1) is 0 Å². The maximum absolute atomic E-state index is 12.6. The van der Waals surface area contributed by atoms with E-state index in [1.165, 1.54) is 6.26 Å². The standard InChI is InChI=1S/C18H18O3/c1-12-14(17(19)13-6-3-2-4-7-13)9-10-15(12)18(20)16-8-5-11-21-16/h2-8,11-12,14-15H,9-10H2,1H3/t12-,14+,15+/m0/s1. The molecule has 0 saturated heterocycles. The summed E-state index contributed by atoms with van der Waals surface area (Å²) < 4.78 is 5.20. The number of hydrogen-bond donors (Lipinski definition) is 0. The predicted octanol–water partition coefficient (Wildman–Crippen LogP) is 4.01. The van der Waals surface area contributed by atoms with Crippen molar-refractivity contribution in [1.29, 1.82) is 0 Å². The SMILES string of the molecule is C[C@H]1[C@H](C(=O)c2ccccc2)CC[C@H]1C(=O)c1ccco1. The highest BCUT2D eigenvalue weighted by Crippen LogP contribution is 2.40. The monoisotopic (exact) mass is 282 g/mol. The first-order chi connectivity index (χ1) is 10.2. The summed E-state index contributed by atoms with van der Waals surface area (Å²) in [5.74, 6) is 0.439. The van der Waals surface area contributed by atoms with Crippen molar-refractivity contribution in [2.75, 3.05) is 0 Å². The number of ketones is 2. The van der Waals surface area contributed by atoms with Gasteiger partial charge in [-0.25, -0.2) is 0 Å². The fourth-order valence-corrected chi connectivity index (χ4v) is 3.32. The molecule has 0 amide bonds. The maximum atomic E-state index is 12.6. The van der Waals surface area contributed by atoms with Crippen LogP contribution in [0.2, 0.25) is 0 Å². The van der Waals surface area contributed by atoms with Crippen molar-refractivity contribution in [3.05, 3.63) is 60.1 Å². The molecular weight excluding hydrogens is 264 g/mol. The van der Waals surface area contributed by atoms with Crippen LogP contribution in [0.3, 0.4) is 0 Å². The van der Waals surface area contributed by atoms with Crippen LogP contribution in [0.5, 0.6) is 0 Å². The summed E-state index contributed by atoms with van der Waals surface area (Å²) in [6, 6.07) is 12.8. The molecule has 3 heteroatoms. The molecule has 0 aliphatic heterocycles. The first kappa shape index (κ1) is 13.8. The molecule has 1 aromatic heterocycles. The minimum atomic E-state index is -0.117. The summed E-state index contributed by atoms with van der Waals surface area (Å²) in [7, 11) is 0. The molecule has 108 valence electrons. The summed E-state index contributed by atoms with van der Waals surface area (Å²) in [5.41, 5.74) is 0.737. The Kier molecular flexibility index (Phi) is 3.74. The molecule has 0 N–H and O–H groups in total. The van der Waals surface area contributed by atoms with Gasteiger partial charge in [0.15, 0.2) is 11.5 Å². The normalized spacial score (nSPS) is 24.9. The summed E-state index contributed by atoms with van der Waals surface area (Å²) >= 11 is 0. The van der Waals surface area contributed by atoms with Gasteiger partial charge in [0, 0.05) is 17.4 Å². The van der Waals surface area contributed by atoms with Gasteiger partial charge >= 0.3 is 0 Å². The number of rotatable bonds is 4. The molecule has 1 heterocycles. The van der Waals surface area contributed by atoms with Crippen molar-refractivity contribution in [2.24, 2.45) is 17.8 Å². The number of Topliss-reactive ketones (excluding diaryl/α,β-unsaturated/α-hetero) is 2. The molecule has 3 atom stereocenters. The van der Waals surface area contributed by atoms with E-state index in [0.717, 1.165) is 18.4 Å². The lowest BCUT2D eigenvalue weighted by atomic mass is 9.84. The fraction of sp³-hybridized carbons (Fsp3) is 0.333. The first-order valence-corrected chi connectivity index (χ1v) is 7.35. The van der Waals surface area contributed by atoms with Crippen LogP contribution in [-0.2, 0) is 0 Å². The van der Waals surface area contributed by atoms with Crippen molar-refractivity contribution in [2.45, 2.75) is 19.8 Å². The first-order valence-electron chi connectivity index (χ1n) is 7.35. The maximum Gasteiger partial charge on any atom is 0.201 e. The summed E-state index contributed by atoms with van der Waals surface area (Å²) in [4.78, 5) is 25.0. The second-order valence-electron chi connectivity index (χ2n) is 5.72. The zero-order valence-corrected chi connectivity index (χ0v) is 12.0. The van der Waals surface area contributed by atoms with E-state index in [0.29, 0.717) is 5.76 Å². The highest BCUT2D eigenvalue weighted by molar-refractivity contribution is 6.00. The quantitative estimate of drug-likeness (QED) is 0.796. The largest absolute Gasteiger partial charge is 0.461 e. The Labute approximate surface area is 124 Å². The Morgan fingerprint density at radius 3 is 2.24 bits per heavy atom. The van der Waals surface area contributed by atoms with Crippen LogP contribution in [0.4, 0.5) is 0 Å². The van der Waals surface area contributed by atoms with Crippen LogP contribution in [0.15, 0.2) is 53.1 Å². The lowest BCUT2D eigenvalue weighted by Crippen LogP contribution is -2.24. The number of benzene rings is 1. The summed E-state index contributed by atoms with van der Waals surface area (Å²) in [6.45, 7) is 2.00. The molecule has 1 fully saturated rings. The van der Waals surface area contributed by atoms with E-state index in [1.807, 2.05) is 37.3 Å². The second-order valence-corrected chi connectivity index (χ2v) is 5.72. The van der Waals surface area contributed by atoms with Gasteiger partial charge in [0.05, 0.1) is 6.26 Å². The van der Waals surface area contributed by atoms with E-state index in [-0.39, 0.29) is 29.3 Å². The predicted molar refractivity (Wildman–Crippen MR) is 79.2 cm³/mol. The van der Waals surface area contributed by atoms with Crippen LogP contribution < -0.4 is 0 Å². The zero-order chi connectivity index (χ0) is 14.8. The zero-order valence-electron chi connectivity index (χ0n) is 12.0. The van der Waals surface area contributed by atoms with E-state index >= 15 is 0 Å². The molecule has 3 rings (SSSR count). The van der Waals surface area contributed by atoms with E-state index < -0.39 is 0 Å². The number of hydrogen-bond acceptors (Lipinski definition) is 3. The van der Waals surface area contributed by atoms with Crippen LogP contribution in [-0.4, -0.2) is 11.6 Å². The summed E-state index contributed by atoms with van der Waals surface area (Å²) in [5, 5.41) is 0. The Balaban J connectivity index is 1.76. The number of carbonyl (C=O) groups excluding carboxylic acids is 2. The van der Waals surface area contributed by atoms with Crippen molar-refractivity contribution in [3.63, 3.8) is 0 Å². The van der Waals surface area contributed by atoms with Gasteiger partial charge in [0.2, 0.25) is 5.78 Å². The van der Waals surface area contributed by atoms with Crippen LogP contribution in [0, 0.1) is 17.8 Å². The Hall–Kier alpha value is -2.16. The average molecular weight is 282 g/mol. The third-order valence-electron chi connectivity index (χ3n) is 4.55. The van der Waals surface area contributed by atoms with Crippen LogP contribution in [0.1, 0.15) is 40.7 Å². The molecule has 1 aromatic carbocycles. The molecule has 2 aromatic rings. The molecule has 1 aliphatic rings. The molecule has 1 saturated carbocycles. The lowest BCUT2D eigenvalue weighted by molar-refractivity contribution is 0.0824. The van der Waals surface area contributed by atoms with Gasteiger partial charge in [-0.2, -0.15) is 0 Å². The van der Waals surface area contributed by atoms with E-state index in [4.69, 9.17) is 4.42 Å². The highest BCUT2D eigenvalue weighted by atomic mass is 16.3. The van der Waals surface area contributed by atoms with E-state index in [9.17, 15) is 9.59 Å². The Morgan fingerprint density at radius 1 is 0.952 bits per heavy atom. The third-order valence-corrected chi connectivity index (χ3v) is 4.55. The number of furan rings is 1. The number of carbonyl (C=O) groups is 2. The van der Waals surface area contributed by atoms with Crippen molar-refractivity contribution < 1.29 is 14.0 Å². The van der Waals surface area contributed by atoms with Gasteiger partial charge in [-0.05, 0) is 30.9 Å². The van der Waals surface area contributed by atoms with Crippen molar-refractivity contribution >= 4 is 11.6 Å². The Morgan fingerprint density at radius 2 is 1.62 bits per heavy atom. The molecule has 1 aliphatic carbocycles. The minimum Gasteiger partial charge on any atom is -0.461 e. The smallest absolute Gasteiger partial charge is 0.201 e. The molecule has 21 heavy (non-hydrogen) atoms. The molecule has 0 unspecified atom stereocenters. The van der Waals surface area contributed by atoms with E-state index in [1.54, 1.807) is 12.1 Å². The lowest BCUT2D eigenvalue weighted by Gasteiger charge is -2.18. The van der Waals surface area contributed by atoms with Crippen molar-refractivity contribution in [3.8, 4) is 0 Å². The topological polar surface area (TPSA) is 47.3 Å². The van der Waals surface area contributed by atoms with Crippen LogP contribution in [0.25, 0.3) is 0 Å². The highest BCUT2D eigenvalue weighted by Gasteiger charge is 2.41. The van der Waals surface area contributed by atoms with Gasteiger partial charge < -0.3 is 4.42 Å². The molecule has 0 radical (unpaired) electrons. The van der Waals surface area contributed by atoms with E-state index in [2.05, 4.69) is 0 Å². The van der Waals surface area contributed by atoms with Gasteiger partial charge in [0.1, 0.15) is 0 Å². The molecule has 0 bridgehead atoms. The van der Waals surface area contributed by atoms with Crippen molar-refractivity contribution in [1.82, 2.24) is 0 Å². The second kappa shape index (κ2) is 5.68. The van der Waals surface area contributed by atoms with Gasteiger partial charge in [-0.1, -0.05) is 37.3 Å². The molecule has 3 nitrogen and oxygen atoms in total. The fourth-order valence-electron chi connectivity index (χ4n) is 3.32. The minimum absolute atomic E-state index is 0.0239. The van der Waals surface area contributed by atoms with Gasteiger partial charge in [0.25, 0.3) is 0 Å². The average Bonchev–Trinajstić information content (AvgIpc) is 3.16. The van der Waals surface area contributed by atoms with Gasteiger partial charge in [-0.3, -0.25) is 9.59 Å². The molecule has 0 spiro atoms. The third kappa shape index (κ3) is 2.56. The molecular formula is C18H18O3. The Bertz CT molecular complexity index is 628. The summed E-state index contributed by atoms with van der Waals surface area (Å²) in [6.07, 6.45) is 3.04. The van der Waals surface area contributed by atoms with Crippen LogP contribution >= 0.6 is 0 Å².